The van der Waals surface area contributed by atoms with Crippen LogP contribution in [0.2, 0.25) is 0 Å². The van der Waals surface area contributed by atoms with E-state index in [9.17, 15) is 0 Å². The molecule has 3 atom stereocenters. The Kier molecular flexibility index (Phi) is 2.09. The van der Waals surface area contributed by atoms with Crippen LogP contribution in [0.3, 0.4) is 0 Å². The van der Waals surface area contributed by atoms with Crippen LogP contribution in [0.1, 0.15) is 26.2 Å². The predicted octanol–water partition coefficient (Wildman–Crippen LogP) is 0.495. The summed E-state index contributed by atoms with van der Waals surface area (Å²) in [6.07, 6.45) is 2.69. The van der Waals surface area contributed by atoms with E-state index in [0.29, 0.717) is 5.92 Å². The van der Waals surface area contributed by atoms with Crippen molar-refractivity contribution in [2.24, 2.45) is 11.7 Å². The van der Waals surface area contributed by atoms with E-state index in [2.05, 4.69) is 6.92 Å². The highest BCUT2D eigenvalue weighted by molar-refractivity contribution is 4.79. The maximum Gasteiger partial charge on any atom is 0.0555 e. The number of hydrogen-bond donors (Lipinski definition) is 2. The van der Waals surface area contributed by atoms with Crippen LogP contribution in [0, 0.1) is 5.92 Å². The zero-order valence-electron chi connectivity index (χ0n) is 5.88. The van der Waals surface area contributed by atoms with Crippen LogP contribution in [0.5, 0.6) is 0 Å². The van der Waals surface area contributed by atoms with Gasteiger partial charge in [0, 0.05) is 6.04 Å². The van der Waals surface area contributed by atoms with E-state index in [-0.39, 0.29) is 12.1 Å². The summed E-state index contributed by atoms with van der Waals surface area (Å²) in [7, 11) is 0. The van der Waals surface area contributed by atoms with Gasteiger partial charge >= 0.3 is 0 Å². The third-order valence-electron chi connectivity index (χ3n) is 2.23. The molecule has 0 amide bonds. The van der Waals surface area contributed by atoms with Crippen LogP contribution in [0.15, 0.2) is 0 Å². The van der Waals surface area contributed by atoms with Gasteiger partial charge in [0.15, 0.2) is 0 Å². The molecule has 1 rings (SSSR count). The van der Waals surface area contributed by atoms with Gasteiger partial charge in [0.05, 0.1) is 6.10 Å². The van der Waals surface area contributed by atoms with Gasteiger partial charge in [0.2, 0.25) is 0 Å². The fraction of sp³-hybridized carbons (Fsp3) is 1.00. The summed E-state index contributed by atoms with van der Waals surface area (Å²) < 4.78 is 0. The molecule has 1 aliphatic rings. The summed E-state index contributed by atoms with van der Waals surface area (Å²) in [5, 5.41) is 9.12. The molecule has 1 aliphatic carbocycles. The lowest BCUT2D eigenvalue weighted by Crippen LogP contribution is -2.36. The van der Waals surface area contributed by atoms with Crippen molar-refractivity contribution in [2.75, 3.05) is 0 Å². The van der Waals surface area contributed by atoms with Gasteiger partial charge in [-0.05, 0) is 25.2 Å². The first-order valence-electron chi connectivity index (χ1n) is 3.64. The zero-order chi connectivity index (χ0) is 6.85. The Morgan fingerprint density at radius 1 is 1.44 bits per heavy atom. The van der Waals surface area contributed by atoms with Gasteiger partial charge < -0.3 is 10.8 Å². The molecule has 1 fully saturated rings. The van der Waals surface area contributed by atoms with Crippen LogP contribution in [0.4, 0.5) is 0 Å². The van der Waals surface area contributed by atoms with E-state index in [4.69, 9.17) is 10.8 Å². The largest absolute Gasteiger partial charge is 0.393 e. The minimum Gasteiger partial charge on any atom is -0.393 e. The van der Waals surface area contributed by atoms with Crippen LogP contribution < -0.4 is 5.73 Å². The Labute approximate surface area is 56.1 Å². The Morgan fingerprint density at radius 2 is 2.11 bits per heavy atom. The van der Waals surface area contributed by atoms with Crippen molar-refractivity contribution in [1.82, 2.24) is 0 Å². The van der Waals surface area contributed by atoms with E-state index in [1.54, 1.807) is 0 Å². The van der Waals surface area contributed by atoms with Gasteiger partial charge in [0.25, 0.3) is 0 Å². The molecule has 54 valence electrons. The first-order valence-corrected chi connectivity index (χ1v) is 3.64. The number of hydrogen-bond acceptors (Lipinski definition) is 2. The van der Waals surface area contributed by atoms with E-state index in [1.165, 1.54) is 0 Å². The van der Waals surface area contributed by atoms with Crippen molar-refractivity contribution < 1.29 is 5.11 Å². The Bertz CT molecular complexity index is 94.9. The van der Waals surface area contributed by atoms with Gasteiger partial charge in [-0.2, -0.15) is 0 Å². The number of aliphatic hydroxyl groups is 1. The highest BCUT2D eigenvalue weighted by Crippen LogP contribution is 2.22. The fourth-order valence-electron chi connectivity index (χ4n) is 1.33. The SMILES string of the molecule is CC1CCC(O)CC1N. The van der Waals surface area contributed by atoms with E-state index < -0.39 is 0 Å². The van der Waals surface area contributed by atoms with Gasteiger partial charge in [-0.3, -0.25) is 0 Å². The minimum absolute atomic E-state index is 0.129. The molecule has 0 bridgehead atoms. The molecule has 9 heavy (non-hydrogen) atoms. The maximum absolute atomic E-state index is 9.12. The van der Waals surface area contributed by atoms with Gasteiger partial charge in [-0.15, -0.1) is 0 Å². The topological polar surface area (TPSA) is 46.2 Å². The average Bonchev–Trinajstić information content (AvgIpc) is 1.80. The standard InChI is InChI=1S/C7H15NO/c1-5-2-3-6(9)4-7(5)8/h5-7,9H,2-4,8H2,1H3. The lowest BCUT2D eigenvalue weighted by Gasteiger charge is -2.28. The van der Waals surface area contributed by atoms with Crippen molar-refractivity contribution in [2.45, 2.75) is 38.3 Å². The van der Waals surface area contributed by atoms with Crippen LogP contribution >= 0.6 is 0 Å². The molecular formula is C7H15NO. The van der Waals surface area contributed by atoms with Gasteiger partial charge in [0.1, 0.15) is 0 Å². The highest BCUT2D eigenvalue weighted by atomic mass is 16.3. The summed E-state index contributed by atoms with van der Waals surface area (Å²) in [4.78, 5) is 0. The molecular weight excluding hydrogens is 114 g/mol. The molecule has 0 aromatic rings. The third-order valence-corrected chi connectivity index (χ3v) is 2.23. The lowest BCUT2D eigenvalue weighted by atomic mass is 9.85. The number of nitrogens with two attached hydrogens (primary N) is 1. The van der Waals surface area contributed by atoms with E-state index in [1.807, 2.05) is 0 Å². The molecule has 0 spiro atoms. The van der Waals surface area contributed by atoms with Crippen molar-refractivity contribution in [3.05, 3.63) is 0 Å². The molecule has 0 saturated heterocycles. The van der Waals surface area contributed by atoms with Gasteiger partial charge in [-0.1, -0.05) is 6.92 Å². The first kappa shape index (κ1) is 7.03. The quantitative estimate of drug-likeness (QED) is 0.500. The van der Waals surface area contributed by atoms with Crippen LogP contribution in [-0.2, 0) is 0 Å². The average molecular weight is 129 g/mol. The molecule has 3 unspecified atom stereocenters. The lowest BCUT2D eigenvalue weighted by molar-refractivity contribution is 0.0998. The summed E-state index contributed by atoms with van der Waals surface area (Å²) in [6, 6.07) is 0.230. The molecule has 3 N–H and O–H groups in total. The van der Waals surface area contributed by atoms with E-state index >= 15 is 0 Å². The molecule has 0 radical (unpaired) electrons. The molecule has 0 aromatic carbocycles. The molecule has 0 heterocycles. The van der Waals surface area contributed by atoms with Crippen molar-refractivity contribution in [3.8, 4) is 0 Å². The highest BCUT2D eigenvalue weighted by Gasteiger charge is 2.22. The summed E-state index contributed by atoms with van der Waals surface area (Å²) in [5.41, 5.74) is 5.71. The van der Waals surface area contributed by atoms with Crippen LogP contribution in [-0.4, -0.2) is 17.3 Å². The van der Waals surface area contributed by atoms with E-state index in [0.717, 1.165) is 19.3 Å². The summed E-state index contributed by atoms with van der Waals surface area (Å²) >= 11 is 0. The third kappa shape index (κ3) is 1.66. The fourth-order valence-corrected chi connectivity index (χ4v) is 1.33. The second kappa shape index (κ2) is 2.67. The first-order chi connectivity index (χ1) is 4.20. The normalized spacial score (nSPS) is 45.0. The monoisotopic (exact) mass is 129 g/mol. The molecule has 2 nitrogen and oxygen atoms in total. The predicted molar refractivity (Wildman–Crippen MR) is 37.0 cm³/mol. The minimum atomic E-state index is -0.129. The maximum atomic E-state index is 9.12. The Balaban J connectivity index is 2.35. The molecule has 0 aliphatic heterocycles. The molecule has 1 saturated carbocycles. The van der Waals surface area contributed by atoms with Crippen molar-refractivity contribution in [3.63, 3.8) is 0 Å². The second-order valence-corrected chi connectivity index (χ2v) is 3.11. The smallest absolute Gasteiger partial charge is 0.0555 e. The molecule has 2 heteroatoms. The van der Waals surface area contributed by atoms with Crippen LogP contribution in [0.25, 0.3) is 0 Å². The van der Waals surface area contributed by atoms with Crippen molar-refractivity contribution >= 4 is 0 Å². The van der Waals surface area contributed by atoms with Gasteiger partial charge in [-0.25, -0.2) is 0 Å². The van der Waals surface area contributed by atoms with Crippen molar-refractivity contribution in [1.29, 1.82) is 0 Å². The second-order valence-electron chi connectivity index (χ2n) is 3.11. The number of aliphatic hydroxyl groups excluding tert-OH is 1. The summed E-state index contributed by atoms with van der Waals surface area (Å²) in [5.74, 6) is 0.605. The zero-order valence-corrected chi connectivity index (χ0v) is 5.88. The molecule has 0 aromatic heterocycles. The Morgan fingerprint density at radius 3 is 2.56 bits per heavy atom. The summed E-state index contributed by atoms with van der Waals surface area (Å²) in [6.45, 7) is 2.15. The number of rotatable bonds is 0. The Hall–Kier alpha value is -0.0800.